The van der Waals surface area contributed by atoms with Crippen LogP contribution in [0.15, 0.2) is 11.3 Å². The van der Waals surface area contributed by atoms with Crippen molar-refractivity contribution in [2.45, 2.75) is 37.4 Å². The SMILES string of the molecule is NC1=NCNc2c1ncn2[C@@H]1O[C@H](C(=O)NCCN2CCCNCCNCCCNCC2)[C@@H](O)[C@H]1O. The highest BCUT2D eigenvalue weighted by Gasteiger charge is 2.48. The number of aliphatic imine (C=N–C) groups is 1. The second kappa shape index (κ2) is 13.3. The highest BCUT2D eigenvalue weighted by atomic mass is 16.6. The Balaban J connectivity index is 1.27. The number of anilines is 1. The minimum atomic E-state index is -1.37. The van der Waals surface area contributed by atoms with E-state index in [2.05, 4.69) is 41.5 Å². The molecule has 4 rings (SSSR count). The molecule has 1 amide bonds. The lowest BCUT2D eigenvalue weighted by molar-refractivity contribution is -0.137. The molecule has 0 spiro atoms. The highest BCUT2D eigenvalue weighted by molar-refractivity contribution is 6.01. The quantitative estimate of drug-likeness (QED) is 0.198. The normalized spacial score (nSPS) is 29.0. The van der Waals surface area contributed by atoms with E-state index >= 15 is 0 Å². The minimum absolute atomic E-state index is 0.263. The lowest BCUT2D eigenvalue weighted by Crippen LogP contribution is -2.46. The van der Waals surface area contributed by atoms with E-state index in [0.717, 1.165) is 65.2 Å². The third-order valence-electron chi connectivity index (χ3n) is 6.65. The van der Waals surface area contributed by atoms with Gasteiger partial charge in [-0.2, -0.15) is 0 Å². The number of amidine groups is 1. The van der Waals surface area contributed by atoms with Crippen molar-refractivity contribution in [3.05, 3.63) is 12.0 Å². The van der Waals surface area contributed by atoms with E-state index < -0.39 is 30.4 Å². The average Bonchev–Trinajstić information content (AvgIpc) is 3.43. The molecule has 4 atom stereocenters. The number of amides is 1. The summed E-state index contributed by atoms with van der Waals surface area (Å²) in [5, 5.41) is 37.4. The van der Waals surface area contributed by atoms with Gasteiger partial charge in [-0.25, -0.2) is 9.98 Å². The standard InChI is InChI=1S/C22H40N10O4/c23-19-15-20(29-13-28-19)32(14-30-15)22-17(34)16(33)18(36-22)21(35)27-9-12-31-10-2-5-25-7-6-24-3-1-4-26-8-11-31/h14,16-18,22,24-26,29,33-34H,1-13H2,(H2,23,28)(H,27,35)/t16-,17+,18-,22+/m0/s1. The molecule has 36 heavy (non-hydrogen) atoms. The van der Waals surface area contributed by atoms with Crippen molar-refractivity contribution < 1.29 is 19.7 Å². The van der Waals surface area contributed by atoms with Crippen molar-refractivity contribution in [2.75, 3.05) is 77.4 Å². The average molecular weight is 509 g/mol. The number of fused-ring (bicyclic) bond motifs is 1. The zero-order chi connectivity index (χ0) is 25.3. The molecule has 0 bridgehead atoms. The third kappa shape index (κ3) is 6.70. The highest BCUT2D eigenvalue weighted by Crippen LogP contribution is 2.33. The van der Waals surface area contributed by atoms with E-state index in [-0.39, 0.29) is 12.5 Å². The summed E-state index contributed by atoms with van der Waals surface area (Å²) in [6, 6.07) is 0. The number of aliphatic hydroxyl groups excluding tert-OH is 2. The summed E-state index contributed by atoms with van der Waals surface area (Å²) in [7, 11) is 0. The Bertz CT molecular complexity index is 867. The number of nitrogens with one attached hydrogen (secondary N) is 5. The van der Waals surface area contributed by atoms with Gasteiger partial charge in [-0.05, 0) is 39.0 Å². The number of hydrogen-bond acceptors (Lipinski definition) is 12. The van der Waals surface area contributed by atoms with Gasteiger partial charge in [0.1, 0.15) is 36.2 Å². The van der Waals surface area contributed by atoms with E-state index in [4.69, 9.17) is 10.5 Å². The van der Waals surface area contributed by atoms with Gasteiger partial charge in [0.15, 0.2) is 12.3 Å². The van der Waals surface area contributed by atoms with Gasteiger partial charge in [0, 0.05) is 39.3 Å². The molecule has 3 aliphatic rings. The van der Waals surface area contributed by atoms with Gasteiger partial charge in [0.25, 0.3) is 5.91 Å². The van der Waals surface area contributed by atoms with Gasteiger partial charge in [0.05, 0.1) is 6.33 Å². The molecule has 9 N–H and O–H groups in total. The Morgan fingerprint density at radius 3 is 2.64 bits per heavy atom. The van der Waals surface area contributed by atoms with E-state index in [1.54, 1.807) is 0 Å². The van der Waals surface area contributed by atoms with Crippen molar-refractivity contribution in [1.29, 1.82) is 0 Å². The summed E-state index contributed by atoms with van der Waals surface area (Å²) in [5.74, 6) is 0.350. The first-order valence-corrected chi connectivity index (χ1v) is 12.8. The fourth-order valence-electron chi connectivity index (χ4n) is 4.63. The second-order valence-corrected chi connectivity index (χ2v) is 9.25. The number of ether oxygens (including phenoxy) is 1. The molecule has 4 heterocycles. The summed E-state index contributed by atoms with van der Waals surface area (Å²) in [6.45, 7) is 8.92. The van der Waals surface area contributed by atoms with E-state index in [9.17, 15) is 15.0 Å². The van der Waals surface area contributed by atoms with Crippen LogP contribution in [0.1, 0.15) is 24.8 Å². The maximum absolute atomic E-state index is 12.8. The Labute approximate surface area is 211 Å². The number of carbonyl (C=O) groups excluding carboxylic acids is 1. The molecular formula is C22H40N10O4. The van der Waals surface area contributed by atoms with Crippen LogP contribution in [0, 0.1) is 0 Å². The first-order chi connectivity index (χ1) is 17.6. The van der Waals surface area contributed by atoms with Crippen molar-refractivity contribution in [2.24, 2.45) is 10.7 Å². The Morgan fingerprint density at radius 2 is 1.83 bits per heavy atom. The number of aliphatic hydroxyl groups is 2. The topological polar surface area (TPSA) is 186 Å². The van der Waals surface area contributed by atoms with Gasteiger partial charge >= 0.3 is 0 Å². The summed E-state index contributed by atoms with van der Waals surface area (Å²) in [5.41, 5.74) is 6.32. The molecule has 14 heteroatoms. The molecule has 0 unspecified atom stereocenters. The van der Waals surface area contributed by atoms with E-state index in [1.807, 2.05) is 0 Å². The number of rotatable bonds is 5. The fourth-order valence-corrected chi connectivity index (χ4v) is 4.63. The van der Waals surface area contributed by atoms with Crippen LogP contribution < -0.4 is 32.3 Å². The van der Waals surface area contributed by atoms with Crippen LogP contribution in [0.3, 0.4) is 0 Å². The molecule has 3 aliphatic heterocycles. The molecule has 14 nitrogen and oxygen atoms in total. The summed E-state index contributed by atoms with van der Waals surface area (Å²) < 4.78 is 7.34. The van der Waals surface area contributed by atoms with Crippen LogP contribution in [0.4, 0.5) is 5.82 Å². The van der Waals surface area contributed by atoms with Crippen LogP contribution in [0.25, 0.3) is 0 Å². The number of nitrogens with two attached hydrogens (primary N) is 1. The van der Waals surface area contributed by atoms with Crippen LogP contribution in [-0.4, -0.2) is 127 Å². The second-order valence-electron chi connectivity index (χ2n) is 9.25. The molecule has 202 valence electrons. The largest absolute Gasteiger partial charge is 0.387 e. The maximum Gasteiger partial charge on any atom is 0.252 e. The summed E-state index contributed by atoms with van der Waals surface area (Å²) >= 11 is 0. The van der Waals surface area contributed by atoms with Gasteiger partial charge in [-0.1, -0.05) is 0 Å². The predicted octanol–water partition coefficient (Wildman–Crippen LogP) is -3.43. The third-order valence-corrected chi connectivity index (χ3v) is 6.65. The van der Waals surface area contributed by atoms with E-state index in [0.29, 0.717) is 24.6 Å². The monoisotopic (exact) mass is 508 g/mol. The Kier molecular flexibility index (Phi) is 9.86. The first kappa shape index (κ1) is 26.7. The van der Waals surface area contributed by atoms with Gasteiger partial charge in [-0.3, -0.25) is 9.36 Å². The van der Waals surface area contributed by atoms with Gasteiger partial charge in [-0.15, -0.1) is 0 Å². The Hall–Kier alpha value is -2.33. The summed E-state index contributed by atoms with van der Waals surface area (Å²) in [6.07, 6.45) is -1.30. The van der Waals surface area contributed by atoms with Crippen LogP contribution in [0.5, 0.6) is 0 Å². The molecular weight excluding hydrogens is 468 g/mol. The summed E-state index contributed by atoms with van der Waals surface area (Å²) in [4.78, 5) is 23.4. The Morgan fingerprint density at radius 1 is 1.08 bits per heavy atom. The van der Waals surface area contributed by atoms with Crippen molar-refractivity contribution >= 4 is 17.6 Å². The maximum atomic E-state index is 12.8. The number of nitrogens with zero attached hydrogens (tertiary/aromatic N) is 4. The van der Waals surface area contributed by atoms with Gasteiger partial charge < -0.3 is 52.2 Å². The predicted molar refractivity (Wildman–Crippen MR) is 135 cm³/mol. The first-order valence-electron chi connectivity index (χ1n) is 12.8. The van der Waals surface area contributed by atoms with Crippen LogP contribution in [-0.2, 0) is 9.53 Å². The lowest BCUT2D eigenvalue weighted by atomic mass is 10.1. The van der Waals surface area contributed by atoms with E-state index in [1.165, 1.54) is 10.9 Å². The number of carbonyl (C=O) groups is 1. The lowest BCUT2D eigenvalue weighted by Gasteiger charge is -2.24. The molecule has 1 aromatic heterocycles. The van der Waals surface area contributed by atoms with Crippen molar-refractivity contribution in [1.82, 2.24) is 35.7 Å². The van der Waals surface area contributed by atoms with Crippen molar-refractivity contribution in [3.8, 4) is 0 Å². The smallest absolute Gasteiger partial charge is 0.252 e. The molecule has 0 aromatic carbocycles. The zero-order valence-corrected chi connectivity index (χ0v) is 20.7. The number of imidazole rings is 1. The number of aromatic nitrogens is 2. The van der Waals surface area contributed by atoms with Crippen LogP contribution in [0.2, 0.25) is 0 Å². The molecule has 1 aromatic rings. The van der Waals surface area contributed by atoms with Crippen molar-refractivity contribution in [3.63, 3.8) is 0 Å². The molecule has 0 saturated carbocycles. The zero-order valence-electron chi connectivity index (χ0n) is 20.7. The molecule has 0 aliphatic carbocycles. The molecule has 0 radical (unpaired) electrons. The molecule has 2 fully saturated rings. The minimum Gasteiger partial charge on any atom is -0.387 e. The van der Waals surface area contributed by atoms with Crippen LogP contribution >= 0.6 is 0 Å². The fraction of sp³-hybridized carbons (Fsp3) is 0.773. The number of hydrogen-bond donors (Lipinski definition) is 8. The molecule has 2 saturated heterocycles. The van der Waals surface area contributed by atoms with Gasteiger partial charge in [0.2, 0.25) is 0 Å².